The van der Waals surface area contributed by atoms with Crippen molar-refractivity contribution in [3.05, 3.63) is 69.9 Å². The first kappa shape index (κ1) is 15.7. The van der Waals surface area contributed by atoms with Gasteiger partial charge in [-0.05, 0) is 26.0 Å². The van der Waals surface area contributed by atoms with E-state index in [0.717, 1.165) is 16.6 Å². The van der Waals surface area contributed by atoms with Gasteiger partial charge in [-0.25, -0.2) is 0 Å². The normalized spacial score (nSPS) is 12.1. The number of hydrogen-bond acceptors (Lipinski definition) is 4. The van der Waals surface area contributed by atoms with E-state index in [0.29, 0.717) is 11.3 Å². The zero-order chi connectivity index (χ0) is 17.3. The molecule has 0 bridgehead atoms. The van der Waals surface area contributed by atoms with Gasteiger partial charge >= 0.3 is 0 Å². The number of rotatable bonds is 5. The van der Waals surface area contributed by atoms with Crippen molar-refractivity contribution in [1.82, 2.24) is 4.98 Å². The third-order valence-corrected chi connectivity index (χ3v) is 3.85. The number of carbonyl (C=O) groups is 1. The van der Waals surface area contributed by atoms with E-state index in [1.165, 1.54) is 18.2 Å². The molecule has 1 heterocycles. The van der Waals surface area contributed by atoms with Crippen LogP contribution in [0.4, 0.5) is 5.69 Å². The standard InChI is InChI=1S/C18H16N2O4/c1-11-17(15-8-3-4-9-16(15)19-11)18(21)12(2)24-14-7-5-6-13(10-14)20(22)23/h3-10,12,19H,1-2H3/t12-/m0/s1. The van der Waals surface area contributed by atoms with Crippen LogP contribution in [0.25, 0.3) is 10.9 Å². The van der Waals surface area contributed by atoms with E-state index in [1.807, 2.05) is 31.2 Å². The van der Waals surface area contributed by atoms with Gasteiger partial charge in [-0.1, -0.05) is 24.3 Å². The number of nitro benzene ring substituents is 1. The third kappa shape index (κ3) is 2.86. The second-order valence-electron chi connectivity index (χ2n) is 5.55. The molecule has 24 heavy (non-hydrogen) atoms. The monoisotopic (exact) mass is 324 g/mol. The Kier molecular flexibility index (Phi) is 4.04. The quantitative estimate of drug-likeness (QED) is 0.436. The van der Waals surface area contributed by atoms with Gasteiger partial charge in [0.15, 0.2) is 6.10 Å². The first-order valence-electron chi connectivity index (χ1n) is 7.50. The summed E-state index contributed by atoms with van der Waals surface area (Å²) in [6.45, 7) is 3.48. The molecule has 0 saturated heterocycles. The van der Waals surface area contributed by atoms with Gasteiger partial charge in [0.25, 0.3) is 5.69 Å². The summed E-state index contributed by atoms with van der Waals surface area (Å²) in [5.74, 6) is 0.124. The maximum Gasteiger partial charge on any atom is 0.273 e. The van der Waals surface area contributed by atoms with E-state index < -0.39 is 11.0 Å². The number of aryl methyl sites for hydroxylation is 1. The van der Waals surface area contributed by atoms with Crippen LogP contribution in [0.5, 0.6) is 5.75 Å². The number of carbonyl (C=O) groups excluding carboxylic acids is 1. The second kappa shape index (κ2) is 6.16. The summed E-state index contributed by atoms with van der Waals surface area (Å²) in [4.78, 5) is 26.3. The number of H-pyrrole nitrogens is 1. The Labute approximate surface area is 138 Å². The Hall–Kier alpha value is -3.15. The Balaban J connectivity index is 1.88. The summed E-state index contributed by atoms with van der Waals surface area (Å²) in [6, 6.07) is 13.4. The number of ether oxygens (including phenoxy) is 1. The van der Waals surface area contributed by atoms with Crippen molar-refractivity contribution in [2.45, 2.75) is 20.0 Å². The molecule has 1 atom stereocenters. The molecule has 1 aromatic heterocycles. The number of fused-ring (bicyclic) bond motifs is 1. The number of nitrogens with one attached hydrogen (secondary N) is 1. The number of aromatic amines is 1. The predicted octanol–water partition coefficient (Wildman–Crippen LogP) is 4.03. The molecule has 0 aliphatic heterocycles. The molecule has 3 rings (SSSR count). The van der Waals surface area contributed by atoms with Crippen LogP contribution in [0.15, 0.2) is 48.5 Å². The van der Waals surface area contributed by atoms with Crippen molar-refractivity contribution < 1.29 is 14.5 Å². The van der Waals surface area contributed by atoms with Crippen molar-refractivity contribution in [2.75, 3.05) is 0 Å². The van der Waals surface area contributed by atoms with Gasteiger partial charge in [-0.2, -0.15) is 0 Å². The van der Waals surface area contributed by atoms with Crippen LogP contribution >= 0.6 is 0 Å². The molecule has 0 unspecified atom stereocenters. The lowest BCUT2D eigenvalue weighted by Crippen LogP contribution is -2.24. The van der Waals surface area contributed by atoms with Crippen LogP contribution in [0.1, 0.15) is 23.0 Å². The molecule has 6 heteroatoms. The molecule has 6 nitrogen and oxygen atoms in total. The Bertz CT molecular complexity index is 930. The van der Waals surface area contributed by atoms with Gasteiger partial charge in [0.05, 0.1) is 11.0 Å². The van der Waals surface area contributed by atoms with Gasteiger partial charge in [0.2, 0.25) is 5.78 Å². The topological polar surface area (TPSA) is 85.2 Å². The van der Waals surface area contributed by atoms with Crippen LogP contribution in [0.3, 0.4) is 0 Å². The first-order chi connectivity index (χ1) is 11.5. The fourth-order valence-corrected chi connectivity index (χ4v) is 2.73. The maximum atomic E-state index is 12.8. The predicted molar refractivity (Wildman–Crippen MR) is 90.6 cm³/mol. The fourth-order valence-electron chi connectivity index (χ4n) is 2.73. The van der Waals surface area contributed by atoms with Crippen molar-refractivity contribution in [1.29, 1.82) is 0 Å². The summed E-state index contributed by atoms with van der Waals surface area (Å²) < 4.78 is 5.63. The molecule has 0 radical (unpaired) electrons. The van der Waals surface area contributed by atoms with Crippen LogP contribution in [0, 0.1) is 17.0 Å². The maximum absolute atomic E-state index is 12.8. The van der Waals surface area contributed by atoms with Crippen LogP contribution < -0.4 is 4.74 Å². The number of nitro groups is 1. The molecule has 0 amide bonds. The van der Waals surface area contributed by atoms with Crippen LogP contribution in [-0.2, 0) is 0 Å². The number of aromatic nitrogens is 1. The summed E-state index contributed by atoms with van der Waals surface area (Å²) in [7, 11) is 0. The summed E-state index contributed by atoms with van der Waals surface area (Å²) >= 11 is 0. The molecular formula is C18H16N2O4. The highest BCUT2D eigenvalue weighted by atomic mass is 16.6. The van der Waals surface area contributed by atoms with Crippen molar-refractivity contribution in [3.63, 3.8) is 0 Å². The highest BCUT2D eigenvalue weighted by molar-refractivity contribution is 6.11. The molecule has 3 aromatic rings. The average molecular weight is 324 g/mol. The van der Waals surface area contributed by atoms with Crippen molar-refractivity contribution in [3.8, 4) is 5.75 Å². The zero-order valence-corrected chi connectivity index (χ0v) is 13.3. The minimum atomic E-state index is -0.759. The van der Waals surface area contributed by atoms with E-state index in [2.05, 4.69) is 4.98 Å². The fraction of sp³-hybridized carbons (Fsp3) is 0.167. The summed E-state index contributed by atoms with van der Waals surface area (Å²) in [5.41, 5.74) is 2.18. The second-order valence-corrected chi connectivity index (χ2v) is 5.55. The number of hydrogen-bond donors (Lipinski definition) is 1. The molecule has 0 aliphatic carbocycles. The zero-order valence-electron chi connectivity index (χ0n) is 13.3. The van der Waals surface area contributed by atoms with E-state index >= 15 is 0 Å². The Morgan fingerprint density at radius 2 is 1.96 bits per heavy atom. The summed E-state index contributed by atoms with van der Waals surface area (Å²) in [6.07, 6.45) is -0.759. The SMILES string of the molecule is Cc1[nH]c2ccccc2c1C(=O)[C@H](C)Oc1cccc([N+](=O)[O-])c1. The number of benzene rings is 2. The van der Waals surface area contributed by atoms with Crippen LogP contribution in [0.2, 0.25) is 0 Å². The first-order valence-corrected chi connectivity index (χ1v) is 7.50. The van der Waals surface area contributed by atoms with Gasteiger partial charge in [0, 0.05) is 28.2 Å². The minimum absolute atomic E-state index is 0.0737. The number of Topliss-reactive ketones (excluding diaryl/α,β-unsaturated/α-hetero) is 1. The minimum Gasteiger partial charge on any atom is -0.482 e. The smallest absolute Gasteiger partial charge is 0.273 e. The molecule has 0 saturated carbocycles. The third-order valence-electron chi connectivity index (χ3n) is 3.85. The van der Waals surface area contributed by atoms with Gasteiger partial charge in [0.1, 0.15) is 5.75 Å². The van der Waals surface area contributed by atoms with E-state index in [9.17, 15) is 14.9 Å². The van der Waals surface area contributed by atoms with Crippen molar-refractivity contribution in [2.24, 2.45) is 0 Å². The molecule has 2 aromatic carbocycles. The van der Waals surface area contributed by atoms with Crippen molar-refractivity contribution >= 4 is 22.4 Å². The highest BCUT2D eigenvalue weighted by Crippen LogP contribution is 2.25. The van der Waals surface area contributed by atoms with E-state index in [-0.39, 0.29) is 11.5 Å². The molecule has 0 spiro atoms. The van der Waals surface area contributed by atoms with Gasteiger partial charge < -0.3 is 9.72 Å². The molecular weight excluding hydrogens is 308 g/mol. The Morgan fingerprint density at radius 3 is 2.71 bits per heavy atom. The van der Waals surface area contributed by atoms with E-state index in [1.54, 1.807) is 13.0 Å². The Morgan fingerprint density at radius 1 is 1.21 bits per heavy atom. The number of ketones is 1. The van der Waals surface area contributed by atoms with Gasteiger partial charge in [-0.15, -0.1) is 0 Å². The largest absolute Gasteiger partial charge is 0.482 e. The lowest BCUT2D eigenvalue weighted by Gasteiger charge is -2.13. The molecule has 0 aliphatic rings. The molecule has 0 fully saturated rings. The number of para-hydroxylation sites is 1. The average Bonchev–Trinajstić information content (AvgIpc) is 2.90. The lowest BCUT2D eigenvalue weighted by atomic mass is 10.0. The van der Waals surface area contributed by atoms with Crippen LogP contribution in [-0.4, -0.2) is 21.8 Å². The molecule has 122 valence electrons. The summed E-state index contributed by atoms with van der Waals surface area (Å²) in [5, 5.41) is 11.7. The highest BCUT2D eigenvalue weighted by Gasteiger charge is 2.23. The number of nitrogens with zero attached hydrogens (tertiary/aromatic N) is 1. The number of non-ortho nitro benzene ring substituents is 1. The van der Waals surface area contributed by atoms with E-state index in [4.69, 9.17) is 4.74 Å². The molecule has 1 N–H and O–H groups in total. The lowest BCUT2D eigenvalue weighted by molar-refractivity contribution is -0.384. The van der Waals surface area contributed by atoms with Gasteiger partial charge in [-0.3, -0.25) is 14.9 Å².